The van der Waals surface area contributed by atoms with E-state index < -0.39 is 0 Å². The number of Topliss-reactive ketones (excluding diaryl/α,β-unsaturated/α-hetero) is 2. The molecule has 4 heteroatoms. The molecule has 3 nitrogen and oxygen atoms in total. The fourth-order valence-corrected chi connectivity index (χ4v) is 2.15. The summed E-state index contributed by atoms with van der Waals surface area (Å²) in [5.41, 5.74) is 0.562. The predicted molar refractivity (Wildman–Crippen MR) is 66.5 cm³/mol. The third-order valence-corrected chi connectivity index (χ3v) is 3.27. The first-order valence-corrected chi connectivity index (χ1v) is 6.15. The van der Waals surface area contributed by atoms with Crippen LogP contribution >= 0.6 is 11.3 Å². The molecule has 0 N–H and O–H groups in total. The van der Waals surface area contributed by atoms with E-state index in [2.05, 4.69) is 4.98 Å². The van der Waals surface area contributed by atoms with Crippen molar-refractivity contribution in [2.75, 3.05) is 0 Å². The van der Waals surface area contributed by atoms with Gasteiger partial charge in [-0.3, -0.25) is 14.6 Å². The number of carbonyl (C=O) groups is 2. The van der Waals surface area contributed by atoms with Gasteiger partial charge in [0.2, 0.25) is 0 Å². The molecule has 0 saturated carbocycles. The molecule has 0 radical (unpaired) electrons. The lowest BCUT2D eigenvalue weighted by molar-refractivity contribution is 0.0919. The molecule has 2 aromatic rings. The number of thiophene rings is 1. The van der Waals surface area contributed by atoms with Crippen molar-refractivity contribution >= 4 is 22.9 Å². The van der Waals surface area contributed by atoms with Crippen molar-refractivity contribution in [3.05, 3.63) is 52.5 Å². The van der Waals surface area contributed by atoms with Crippen LogP contribution in [0.15, 0.2) is 42.0 Å². The smallest absolute Gasteiger partial charge is 0.173 e. The molecular formula is C13H11NO2S. The van der Waals surface area contributed by atoms with Gasteiger partial charge in [0.05, 0.1) is 4.88 Å². The van der Waals surface area contributed by atoms with Gasteiger partial charge in [-0.2, -0.15) is 0 Å². The Hall–Kier alpha value is -1.81. The maximum Gasteiger partial charge on any atom is 0.173 e. The average molecular weight is 245 g/mol. The molecule has 0 unspecified atom stereocenters. The molecule has 86 valence electrons. The first kappa shape index (κ1) is 11.7. The van der Waals surface area contributed by atoms with Gasteiger partial charge in [0, 0.05) is 30.8 Å². The SMILES string of the molecule is O=C(CCC(=O)c1cccs1)c1cccnc1. The number of carbonyl (C=O) groups excluding carboxylic acids is 2. The van der Waals surface area contributed by atoms with Gasteiger partial charge in [-0.25, -0.2) is 0 Å². The number of nitrogens with zero attached hydrogens (tertiary/aromatic N) is 1. The van der Waals surface area contributed by atoms with Crippen LogP contribution in [0.3, 0.4) is 0 Å². The van der Waals surface area contributed by atoms with E-state index in [0.29, 0.717) is 10.4 Å². The summed E-state index contributed by atoms with van der Waals surface area (Å²) < 4.78 is 0. The summed E-state index contributed by atoms with van der Waals surface area (Å²) in [7, 11) is 0. The highest BCUT2D eigenvalue weighted by atomic mass is 32.1. The third kappa shape index (κ3) is 3.07. The number of hydrogen-bond donors (Lipinski definition) is 0. The summed E-state index contributed by atoms with van der Waals surface area (Å²) in [5, 5.41) is 1.86. The van der Waals surface area contributed by atoms with Crippen LogP contribution < -0.4 is 0 Å². The van der Waals surface area contributed by atoms with Gasteiger partial charge in [-0.15, -0.1) is 11.3 Å². The molecule has 0 bridgehead atoms. The van der Waals surface area contributed by atoms with Crippen molar-refractivity contribution < 1.29 is 9.59 Å². The zero-order valence-electron chi connectivity index (χ0n) is 9.13. The van der Waals surface area contributed by atoms with Crippen molar-refractivity contribution in [3.63, 3.8) is 0 Å². The van der Waals surface area contributed by atoms with Crippen molar-refractivity contribution in [3.8, 4) is 0 Å². The van der Waals surface area contributed by atoms with Crippen molar-refractivity contribution in [2.45, 2.75) is 12.8 Å². The molecule has 0 aliphatic rings. The molecule has 2 aromatic heterocycles. The van der Waals surface area contributed by atoms with Crippen LogP contribution in [-0.4, -0.2) is 16.6 Å². The lowest BCUT2D eigenvalue weighted by atomic mass is 10.1. The van der Waals surface area contributed by atoms with Gasteiger partial charge in [-0.05, 0) is 23.6 Å². The van der Waals surface area contributed by atoms with E-state index in [9.17, 15) is 9.59 Å². The van der Waals surface area contributed by atoms with Crippen LogP contribution in [0.2, 0.25) is 0 Å². The van der Waals surface area contributed by atoms with Crippen LogP contribution in [0.5, 0.6) is 0 Å². The Morgan fingerprint density at radius 3 is 2.59 bits per heavy atom. The second-order valence-corrected chi connectivity index (χ2v) is 4.51. The molecule has 0 aliphatic carbocycles. The van der Waals surface area contributed by atoms with Gasteiger partial charge >= 0.3 is 0 Å². The lowest BCUT2D eigenvalue weighted by Gasteiger charge is -1.99. The highest BCUT2D eigenvalue weighted by molar-refractivity contribution is 7.12. The minimum absolute atomic E-state index is 0.0252. The maximum absolute atomic E-state index is 11.7. The Balaban J connectivity index is 1.91. The lowest BCUT2D eigenvalue weighted by Crippen LogP contribution is -2.04. The molecule has 0 aliphatic heterocycles. The average Bonchev–Trinajstić information content (AvgIpc) is 2.90. The van der Waals surface area contributed by atoms with E-state index in [1.807, 2.05) is 11.4 Å². The first-order chi connectivity index (χ1) is 8.27. The maximum atomic E-state index is 11.7. The van der Waals surface area contributed by atoms with Gasteiger partial charge < -0.3 is 0 Å². The standard InChI is InChI=1S/C13H11NO2S/c15-11(10-3-1-7-14-9-10)5-6-12(16)13-4-2-8-17-13/h1-4,7-9H,5-6H2. The Kier molecular flexibility index (Phi) is 3.77. The van der Waals surface area contributed by atoms with Crippen LogP contribution in [0.25, 0.3) is 0 Å². The molecular weight excluding hydrogens is 234 g/mol. The molecule has 0 spiro atoms. The minimum atomic E-state index is -0.0389. The number of ketones is 2. The summed E-state index contributed by atoms with van der Waals surface area (Å²) in [6.07, 6.45) is 3.64. The molecule has 17 heavy (non-hydrogen) atoms. The van der Waals surface area contributed by atoms with E-state index in [4.69, 9.17) is 0 Å². The topological polar surface area (TPSA) is 47.0 Å². The van der Waals surface area contributed by atoms with Gasteiger partial charge in [0.15, 0.2) is 11.6 Å². The molecule has 2 heterocycles. The monoisotopic (exact) mass is 245 g/mol. The van der Waals surface area contributed by atoms with Crippen molar-refractivity contribution in [1.29, 1.82) is 0 Å². The Bertz CT molecular complexity index is 505. The van der Waals surface area contributed by atoms with Crippen molar-refractivity contribution in [1.82, 2.24) is 4.98 Å². The number of hydrogen-bond acceptors (Lipinski definition) is 4. The quantitative estimate of drug-likeness (QED) is 0.761. The largest absolute Gasteiger partial charge is 0.294 e. The highest BCUT2D eigenvalue weighted by Gasteiger charge is 2.11. The Morgan fingerprint density at radius 1 is 1.12 bits per heavy atom. The summed E-state index contributed by atoms with van der Waals surface area (Å²) in [6, 6.07) is 7.04. The fourth-order valence-electron chi connectivity index (χ4n) is 1.46. The number of rotatable bonds is 5. The Morgan fingerprint density at radius 2 is 1.94 bits per heavy atom. The van der Waals surface area contributed by atoms with Crippen LogP contribution in [0.4, 0.5) is 0 Å². The second-order valence-electron chi connectivity index (χ2n) is 3.57. The summed E-state index contributed by atoms with van der Waals surface area (Å²) in [4.78, 5) is 28.0. The summed E-state index contributed by atoms with van der Waals surface area (Å²) in [6.45, 7) is 0. The second kappa shape index (κ2) is 5.50. The highest BCUT2D eigenvalue weighted by Crippen LogP contribution is 2.13. The van der Waals surface area contributed by atoms with Crippen LogP contribution in [-0.2, 0) is 0 Å². The molecule has 0 saturated heterocycles. The minimum Gasteiger partial charge on any atom is -0.294 e. The van der Waals surface area contributed by atoms with Gasteiger partial charge in [0.25, 0.3) is 0 Å². The van der Waals surface area contributed by atoms with Crippen LogP contribution in [0.1, 0.15) is 32.9 Å². The molecule has 0 fully saturated rings. The van der Waals surface area contributed by atoms with E-state index in [0.717, 1.165) is 0 Å². The third-order valence-electron chi connectivity index (χ3n) is 2.36. The normalized spacial score (nSPS) is 10.1. The number of pyridine rings is 1. The Labute approximate surface area is 103 Å². The molecule has 2 rings (SSSR count). The first-order valence-electron chi connectivity index (χ1n) is 5.27. The van der Waals surface area contributed by atoms with E-state index in [1.54, 1.807) is 24.4 Å². The zero-order valence-corrected chi connectivity index (χ0v) is 9.94. The summed E-state index contributed by atoms with van der Waals surface area (Å²) >= 11 is 1.41. The van der Waals surface area contributed by atoms with Crippen molar-refractivity contribution in [2.24, 2.45) is 0 Å². The van der Waals surface area contributed by atoms with Gasteiger partial charge in [-0.1, -0.05) is 6.07 Å². The van der Waals surface area contributed by atoms with E-state index in [-0.39, 0.29) is 24.4 Å². The fraction of sp³-hybridized carbons (Fsp3) is 0.154. The molecule has 0 aromatic carbocycles. The van der Waals surface area contributed by atoms with Crippen LogP contribution in [0, 0.1) is 0 Å². The number of aromatic nitrogens is 1. The molecule has 0 amide bonds. The van der Waals surface area contributed by atoms with E-state index >= 15 is 0 Å². The zero-order chi connectivity index (χ0) is 12.1. The van der Waals surface area contributed by atoms with Gasteiger partial charge in [0.1, 0.15) is 0 Å². The predicted octanol–water partition coefficient (Wildman–Crippen LogP) is 2.99. The van der Waals surface area contributed by atoms with E-state index in [1.165, 1.54) is 17.5 Å². The molecule has 0 atom stereocenters. The summed E-state index contributed by atoms with van der Waals surface area (Å²) in [5.74, 6) is -0.0137.